The second kappa shape index (κ2) is 12.9. The van der Waals surface area contributed by atoms with E-state index in [2.05, 4.69) is 54.0 Å². The molecular formula is C34H46F2N2S4. The molecule has 0 saturated carbocycles. The van der Waals surface area contributed by atoms with Crippen LogP contribution in [0.3, 0.4) is 0 Å². The van der Waals surface area contributed by atoms with Crippen molar-refractivity contribution in [3.05, 3.63) is 34.7 Å². The van der Waals surface area contributed by atoms with Crippen LogP contribution < -0.4 is 0 Å². The minimum atomic E-state index is -1.33. The van der Waals surface area contributed by atoms with Gasteiger partial charge >= 0.3 is 0 Å². The van der Waals surface area contributed by atoms with Gasteiger partial charge in [-0.2, -0.15) is 18.8 Å². The summed E-state index contributed by atoms with van der Waals surface area (Å²) in [5, 5.41) is 2.26. The fourth-order valence-corrected chi connectivity index (χ4v) is 15.9. The lowest BCUT2D eigenvalue weighted by atomic mass is 9.84. The zero-order valence-corrected chi connectivity index (χ0v) is 29.5. The van der Waals surface area contributed by atoms with E-state index in [1.165, 1.54) is 77.5 Å². The Bertz CT molecular complexity index is 1510. The second-order valence-corrected chi connectivity index (χ2v) is 18.9. The summed E-state index contributed by atoms with van der Waals surface area (Å²) in [5.74, 6) is 2.17. The molecule has 0 aliphatic carbocycles. The molecular weight excluding hydrogens is 603 g/mol. The minimum Gasteiger partial charge on any atom is -0.203 e. The first-order valence-corrected chi connectivity index (χ1v) is 20.1. The summed E-state index contributed by atoms with van der Waals surface area (Å²) in [6, 6.07) is 4.66. The number of unbranched alkanes of at least 4 members (excludes halogenated alkanes) is 2. The van der Waals surface area contributed by atoms with Crippen molar-refractivity contribution >= 4 is 55.5 Å². The Morgan fingerprint density at radius 1 is 0.833 bits per heavy atom. The van der Waals surface area contributed by atoms with Crippen molar-refractivity contribution in [3.8, 4) is 20.2 Å². The van der Waals surface area contributed by atoms with Gasteiger partial charge < -0.3 is 0 Å². The number of rotatable bonds is 13. The van der Waals surface area contributed by atoms with Crippen molar-refractivity contribution in [1.82, 2.24) is 8.75 Å². The normalized spacial score (nSPS) is 19.5. The van der Waals surface area contributed by atoms with Crippen LogP contribution in [0, 0.1) is 23.5 Å². The third kappa shape index (κ3) is 5.63. The van der Waals surface area contributed by atoms with E-state index in [9.17, 15) is 0 Å². The lowest BCUT2D eigenvalue weighted by Crippen LogP contribution is -2.20. The molecule has 2 unspecified atom stereocenters. The molecule has 0 N–H and O–H groups in total. The van der Waals surface area contributed by atoms with E-state index in [1.807, 2.05) is 32.1 Å². The summed E-state index contributed by atoms with van der Waals surface area (Å²) in [6.45, 7) is 15.0. The number of aromatic nitrogens is 2. The van der Waals surface area contributed by atoms with Crippen LogP contribution in [-0.4, -0.2) is 20.3 Å². The molecule has 1 aliphatic heterocycles. The monoisotopic (exact) mass is 648 g/mol. The van der Waals surface area contributed by atoms with Gasteiger partial charge in [0, 0.05) is 20.2 Å². The number of hydrogen-bond donors (Lipinski definition) is 0. The number of hydrogen-bond acceptors (Lipinski definition) is 5. The predicted molar refractivity (Wildman–Crippen MR) is 183 cm³/mol. The third-order valence-electron chi connectivity index (χ3n) is 9.09. The highest BCUT2D eigenvalue weighted by atomic mass is 32.3. The van der Waals surface area contributed by atoms with Crippen LogP contribution in [0.25, 0.3) is 31.2 Å². The number of fused-ring (bicyclic) bond motifs is 4. The lowest BCUT2D eigenvalue weighted by Gasteiger charge is -2.42. The van der Waals surface area contributed by atoms with Crippen LogP contribution in [0.15, 0.2) is 27.3 Å². The van der Waals surface area contributed by atoms with Gasteiger partial charge in [0.15, 0.2) is 11.6 Å². The number of benzene rings is 1. The van der Waals surface area contributed by atoms with Crippen molar-refractivity contribution < 1.29 is 8.78 Å². The van der Waals surface area contributed by atoms with Crippen LogP contribution in [0.4, 0.5) is 8.78 Å². The Balaban J connectivity index is 1.71. The van der Waals surface area contributed by atoms with Crippen LogP contribution >= 0.6 is 44.4 Å². The van der Waals surface area contributed by atoms with Crippen molar-refractivity contribution in [2.75, 3.05) is 11.5 Å². The van der Waals surface area contributed by atoms with E-state index >= 15 is 8.78 Å². The quantitative estimate of drug-likeness (QED) is 0.144. The maximum Gasteiger partial charge on any atom is 0.170 e. The molecule has 4 aromatic rings. The molecule has 0 radical (unpaired) electrons. The molecule has 8 heteroatoms. The van der Waals surface area contributed by atoms with Gasteiger partial charge in [-0.15, -0.1) is 22.7 Å². The summed E-state index contributed by atoms with van der Waals surface area (Å²) >= 11 is 4.52. The molecule has 3 aromatic heterocycles. The Morgan fingerprint density at radius 3 is 2.02 bits per heavy atom. The minimum absolute atomic E-state index is 0.297. The molecule has 4 heterocycles. The van der Waals surface area contributed by atoms with Crippen LogP contribution in [0.2, 0.25) is 0 Å². The Morgan fingerprint density at radius 2 is 1.45 bits per heavy atom. The Hall–Kier alpha value is -1.35. The van der Waals surface area contributed by atoms with Gasteiger partial charge in [-0.3, -0.25) is 0 Å². The highest BCUT2D eigenvalue weighted by Crippen LogP contribution is 2.76. The highest BCUT2D eigenvalue weighted by Gasteiger charge is 2.44. The molecule has 5 rings (SSSR count). The smallest absolute Gasteiger partial charge is 0.170 e. The summed E-state index contributed by atoms with van der Waals surface area (Å²) in [6.07, 6.45) is 9.86. The fourth-order valence-electron chi connectivity index (χ4n) is 6.72. The van der Waals surface area contributed by atoms with Gasteiger partial charge in [0.2, 0.25) is 0 Å². The van der Waals surface area contributed by atoms with Gasteiger partial charge in [0.1, 0.15) is 11.0 Å². The lowest BCUT2D eigenvalue weighted by molar-refractivity contribution is 0.471. The van der Waals surface area contributed by atoms with Gasteiger partial charge in [0.05, 0.1) is 27.0 Å². The van der Waals surface area contributed by atoms with Crippen molar-refractivity contribution in [2.45, 2.75) is 115 Å². The molecule has 1 aliphatic rings. The topological polar surface area (TPSA) is 25.8 Å². The van der Waals surface area contributed by atoms with Crippen LogP contribution in [0.1, 0.15) is 105 Å². The first-order valence-electron chi connectivity index (χ1n) is 15.8. The average molecular weight is 649 g/mol. The molecule has 2 nitrogen and oxygen atoms in total. The Labute approximate surface area is 265 Å². The summed E-state index contributed by atoms with van der Waals surface area (Å²) in [7, 11) is -1.33. The zero-order valence-electron chi connectivity index (χ0n) is 26.2. The van der Waals surface area contributed by atoms with E-state index < -0.39 is 27.1 Å². The second-order valence-electron chi connectivity index (χ2n) is 13.1. The van der Waals surface area contributed by atoms with Crippen molar-refractivity contribution in [1.29, 1.82) is 0 Å². The number of nitrogens with zero attached hydrogens (tertiary/aromatic N) is 2. The van der Waals surface area contributed by atoms with Crippen molar-refractivity contribution in [2.24, 2.45) is 11.8 Å². The van der Waals surface area contributed by atoms with Crippen molar-refractivity contribution in [3.63, 3.8) is 0 Å². The number of thiophene rings is 2. The average Bonchev–Trinajstić information content (AvgIpc) is 3.74. The zero-order chi connectivity index (χ0) is 30.2. The standard InChI is InChI=1S/C34H46F2N2S4/c1-8-12-14-21(10-3)19-42(20-22(11-4)15-13-9-2)24-16-17-39-32(24)33-25(42)18-23(40-33)26-28(35)29(36)27(34(5,6)7)31-30(26)37-41-38-31/h16-18,21-22H,8-15,19-20H2,1-7H3. The molecule has 42 heavy (non-hydrogen) atoms. The Kier molecular flexibility index (Phi) is 9.88. The van der Waals surface area contributed by atoms with E-state index in [4.69, 9.17) is 0 Å². The van der Waals surface area contributed by atoms with E-state index in [0.717, 1.165) is 16.6 Å². The summed E-state index contributed by atoms with van der Waals surface area (Å²) in [5.41, 5.74) is 1.04. The molecule has 0 fully saturated rings. The van der Waals surface area contributed by atoms with Crippen LogP contribution in [-0.2, 0) is 5.41 Å². The van der Waals surface area contributed by atoms with E-state index in [-0.39, 0.29) is 0 Å². The van der Waals surface area contributed by atoms with Gasteiger partial charge in [-0.1, -0.05) is 87.0 Å². The number of halogens is 2. The van der Waals surface area contributed by atoms with Crippen LogP contribution in [0.5, 0.6) is 0 Å². The maximum atomic E-state index is 16.2. The predicted octanol–water partition coefficient (Wildman–Crippen LogP) is 12.7. The molecule has 230 valence electrons. The molecule has 0 amide bonds. The third-order valence-corrected chi connectivity index (χ3v) is 16.5. The fraction of sp³-hybridized carbons (Fsp3) is 0.588. The maximum absolute atomic E-state index is 16.2. The van der Waals surface area contributed by atoms with E-state index in [0.29, 0.717) is 34.0 Å². The molecule has 0 bridgehead atoms. The summed E-state index contributed by atoms with van der Waals surface area (Å²) in [4.78, 5) is 6.43. The van der Waals surface area contributed by atoms with Gasteiger partial charge in [0.25, 0.3) is 0 Å². The van der Waals surface area contributed by atoms with E-state index in [1.54, 1.807) is 16.2 Å². The highest BCUT2D eigenvalue weighted by molar-refractivity contribution is 8.34. The molecule has 0 spiro atoms. The molecule has 0 saturated heterocycles. The SMILES string of the molecule is CCCCC(CC)CS1(CC(CC)CCCC)c2ccsc2-c2sc(-c3c(F)c(F)c(C(C)(C)C)c4nsnc34)cc21. The van der Waals surface area contributed by atoms with Gasteiger partial charge in [-0.05, 0) is 59.1 Å². The van der Waals surface area contributed by atoms with Gasteiger partial charge in [-0.25, -0.2) is 8.78 Å². The molecule has 2 atom stereocenters. The largest absolute Gasteiger partial charge is 0.203 e. The first kappa shape index (κ1) is 32.1. The summed E-state index contributed by atoms with van der Waals surface area (Å²) < 4.78 is 41.0. The molecule has 1 aromatic carbocycles. The first-order chi connectivity index (χ1) is 20.1.